The van der Waals surface area contributed by atoms with Crippen LogP contribution in [0, 0.1) is 0 Å². The van der Waals surface area contributed by atoms with Gasteiger partial charge in [0.15, 0.2) is 0 Å². The van der Waals surface area contributed by atoms with Gasteiger partial charge in [0.25, 0.3) is 0 Å². The topological polar surface area (TPSA) is 75.9 Å². The quantitative estimate of drug-likeness (QED) is 0.597. The van der Waals surface area contributed by atoms with E-state index in [1.165, 1.54) is 12.8 Å². The van der Waals surface area contributed by atoms with Crippen LogP contribution in [0.1, 0.15) is 38.5 Å². The van der Waals surface area contributed by atoms with Crippen molar-refractivity contribution in [2.75, 3.05) is 19.8 Å². The molecule has 1 aromatic heterocycles. The zero-order valence-electron chi connectivity index (χ0n) is 13.7. The lowest BCUT2D eigenvalue weighted by atomic mass is 9.90. The molecule has 0 aromatic carbocycles. The van der Waals surface area contributed by atoms with Crippen LogP contribution in [-0.4, -0.2) is 62.9 Å². The Morgan fingerprint density at radius 1 is 1.36 bits per heavy atom. The Morgan fingerprint density at radius 2 is 2.09 bits per heavy atom. The summed E-state index contributed by atoms with van der Waals surface area (Å²) in [5.74, 6) is 1.03. The molecular formula is C14H26N6OS. The zero-order chi connectivity index (χ0) is 15.9. The molecule has 1 amide bonds. The summed E-state index contributed by atoms with van der Waals surface area (Å²) < 4.78 is 1.65. The highest BCUT2D eigenvalue weighted by Crippen LogP contribution is 2.21. The second-order valence-electron chi connectivity index (χ2n) is 6.07. The van der Waals surface area contributed by atoms with Crippen LogP contribution in [0.4, 0.5) is 0 Å². The van der Waals surface area contributed by atoms with Crippen molar-refractivity contribution in [3.63, 3.8) is 0 Å². The van der Waals surface area contributed by atoms with Gasteiger partial charge in [0.05, 0.1) is 0 Å². The molecule has 0 bridgehead atoms. The average Bonchev–Trinajstić information content (AvgIpc) is 2.89. The molecule has 1 N–H and O–H groups in total. The van der Waals surface area contributed by atoms with E-state index in [4.69, 9.17) is 0 Å². The number of aryl methyl sites for hydroxylation is 1. The summed E-state index contributed by atoms with van der Waals surface area (Å²) in [6.45, 7) is 0. The van der Waals surface area contributed by atoms with Crippen LogP contribution in [-0.2, 0) is 11.8 Å². The fourth-order valence-corrected chi connectivity index (χ4v) is 3.56. The van der Waals surface area contributed by atoms with Gasteiger partial charge in [-0.3, -0.25) is 4.79 Å². The number of tetrazole rings is 1. The highest BCUT2D eigenvalue weighted by atomic mass is 32.2. The summed E-state index contributed by atoms with van der Waals surface area (Å²) in [5.41, 5.74) is 0. The maximum absolute atomic E-state index is 12.0. The molecule has 0 radical (unpaired) electrons. The third-order valence-corrected chi connectivity index (χ3v) is 5.25. The Hall–Kier alpha value is -1.15. The highest BCUT2D eigenvalue weighted by Gasteiger charge is 2.23. The van der Waals surface area contributed by atoms with Crippen LogP contribution in [0.25, 0.3) is 0 Å². The summed E-state index contributed by atoms with van der Waals surface area (Å²) >= 11 is 1.59. The van der Waals surface area contributed by atoms with E-state index in [1.807, 2.05) is 7.05 Å². The lowest BCUT2D eigenvalue weighted by Gasteiger charge is -2.33. The molecule has 0 aliphatic heterocycles. The smallest absolute Gasteiger partial charge is 0.220 e. The largest absolute Gasteiger partial charge is 0.353 e. The molecule has 1 aliphatic carbocycles. The van der Waals surface area contributed by atoms with Crippen molar-refractivity contribution < 1.29 is 4.79 Å². The van der Waals surface area contributed by atoms with Crippen LogP contribution in [0.5, 0.6) is 0 Å². The van der Waals surface area contributed by atoms with Gasteiger partial charge in [-0.15, -0.1) is 5.10 Å². The standard InChI is InChI=1S/C14H26N6OS/c1-19(2)12-8-6-11(7-9-12)15-13(21)5-4-10-22-14-16-17-18-20(14)3/h11-12H,4-10H2,1-3H3,(H,15,21). The molecule has 2 rings (SSSR count). The number of hydrogen-bond acceptors (Lipinski definition) is 6. The Labute approximate surface area is 136 Å². The van der Waals surface area contributed by atoms with Crippen molar-refractivity contribution in [2.24, 2.45) is 7.05 Å². The van der Waals surface area contributed by atoms with Crippen LogP contribution in [0.15, 0.2) is 5.16 Å². The first-order valence-electron chi connectivity index (χ1n) is 7.87. The third kappa shape index (κ3) is 5.24. The molecule has 0 spiro atoms. The monoisotopic (exact) mass is 326 g/mol. The summed E-state index contributed by atoms with van der Waals surface area (Å²) in [4.78, 5) is 14.3. The lowest BCUT2D eigenvalue weighted by Crippen LogP contribution is -2.41. The van der Waals surface area contributed by atoms with Gasteiger partial charge in [0.2, 0.25) is 11.1 Å². The van der Waals surface area contributed by atoms with E-state index in [0.717, 1.165) is 30.2 Å². The molecule has 124 valence electrons. The molecule has 1 aromatic rings. The molecule has 8 heteroatoms. The minimum Gasteiger partial charge on any atom is -0.353 e. The third-order valence-electron chi connectivity index (χ3n) is 4.15. The molecule has 7 nitrogen and oxygen atoms in total. The van der Waals surface area contributed by atoms with Crippen molar-refractivity contribution in [2.45, 2.75) is 55.8 Å². The molecule has 1 heterocycles. The van der Waals surface area contributed by atoms with E-state index in [-0.39, 0.29) is 5.91 Å². The van der Waals surface area contributed by atoms with E-state index in [0.29, 0.717) is 18.5 Å². The average molecular weight is 326 g/mol. The fourth-order valence-electron chi connectivity index (χ4n) is 2.78. The Morgan fingerprint density at radius 3 is 2.68 bits per heavy atom. The first-order chi connectivity index (χ1) is 10.6. The molecule has 22 heavy (non-hydrogen) atoms. The number of carbonyl (C=O) groups is 1. The predicted molar refractivity (Wildman–Crippen MR) is 86.6 cm³/mol. The van der Waals surface area contributed by atoms with Crippen molar-refractivity contribution >= 4 is 17.7 Å². The van der Waals surface area contributed by atoms with E-state index >= 15 is 0 Å². The van der Waals surface area contributed by atoms with Crippen LogP contribution >= 0.6 is 11.8 Å². The summed E-state index contributed by atoms with van der Waals surface area (Å²) in [6.07, 6.45) is 5.95. The molecular weight excluding hydrogens is 300 g/mol. The molecule has 1 aliphatic rings. The highest BCUT2D eigenvalue weighted by molar-refractivity contribution is 7.99. The van der Waals surface area contributed by atoms with Gasteiger partial charge in [0.1, 0.15) is 0 Å². The van der Waals surface area contributed by atoms with Crippen molar-refractivity contribution in [3.8, 4) is 0 Å². The van der Waals surface area contributed by atoms with E-state index < -0.39 is 0 Å². The number of aromatic nitrogens is 4. The van der Waals surface area contributed by atoms with Gasteiger partial charge in [-0.1, -0.05) is 11.8 Å². The second kappa shape index (κ2) is 8.47. The van der Waals surface area contributed by atoms with Gasteiger partial charge in [-0.05, 0) is 56.6 Å². The Balaban J connectivity index is 1.57. The Bertz CT molecular complexity index is 470. The molecule has 0 saturated heterocycles. The SMILES string of the molecule is CN(C)C1CCC(NC(=O)CCCSc2nnnn2C)CC1. The van der Waals surface area contributed by atoms with E-state index in [2.05, 4.69) is 39.8 Å². The number of nitrogens with zero attached hydrogens (tertiary/aromatic N) is 5. The number of amides is 1. The van der Waals surface area contributed by atoms with E-state index in [1.54, 1.807) is 16.4 Å². The molecule has 0 unspecified atom stereocenters. The summed E-state index contributed by atoms with van der Waals surface area (Å²) in [7, 11) is 6.08. The Kier molecular flexibility index (Phi) is 6.63. The van der Waals surface area contributed by atoms with Crippen molar-refractivity contribution in [1.82, 2.24) is 30.4 Å². The molecule has 1 fully saturated rings. The van der Waals surface area contributed by atoms with Gasteiger partial charge in [-0.25, -0.2) is 4.68 Å². The van der Waals surface area contributed by atoms with Crippen molar-refractivity contribution in [1.29, 1.82) is 0 Å². The molecule has 0 atom stereocenters. The minimum atomic E-state index is 0.171. The minimum absolute atomic E-state index is 0.171. The normalized spacial score (nSPS) is 22.0. The summed E-state index contributed by atoms with van der Waals surface area (Å²) in [6, 6.07) is 1.03. The number of nitrogens with one attached hydrogen (secondary N) is 1. The van der Waals surface area contributed by atoms with Gasteiger partial charge in [-0.2, -0.15) is 0 Å². The maximum atomic E-state index is 12.0. The van der Waals surface area contributed by atoms with Crippen molar-refractivity contribution in [3.05, 3.63) is 0 Å². The van der Waals surface area contributed by atoms with Gasteiger partial charge in [0, 0.05) is 31.3 Å². The summed E-state index contributed by atoms with van der Waals surface area (Å²) in [5, 5.41) is 15.2. The number of thioether (sulfide) groups is 1. The predicted octanol–water partition coefficient (Wildman–Crippen LogP) is 1.07. The number of hydrogen-bond donors (Lipinski definition) is 1. The number of rotatable bonds is 7. The van der Waals surface area contributed by atoms with E-state index in [9.17, 15) is 4.79 Å². The lowest BCUT2D eigenvalue weighted by molar-refractivity contribution is -0.122. The zero-order valence-corrected chi connectivity index (χ0v) is 14.5. The second-order valence-corrected chi connectivity index (χ2v) is 7.14. The van der Waals surface area contributed by atoms with Gasteiger partial charge >= 0.3 is 0 Å². The van der Waals surface area contributed by atoms with Crippen LogP contribution < -0.4 is 5.32 Å². The maximum Gasteiger partial charge on any atom is 0.220 e. The van der Waals surface area contributed by atoms with Crippen LogP contribution in [0.2, 0.25) is 0 Å². The van der Waals surface area contributed by atoms with Gasteiger partial charge < -0.3 is 10.2 Å². The number of carbonyl (C=O) groups excluding carboxylic acids is 1. The first kappa shape index (κ1) is 17.2. The fraction of sp³-hybridized carbons (Fsp3) is 0.857. The van der Waals surface area contributed by atoms with Crippen LogP contribution in [0.3, 0.4) is 0 Å². The molecule has 1 saturated carbocycles. The first-order valence-corrected chi connectivity index (χ1v) is 8.85.